The van der Waals surface area contributed by atoms with Gasteiger partial charge in [-0.3, -0.25) is 4.79 Å². The highest BCUT2D eigenvalue weighted by Gasteiger charge is 2.08. The van der Waals surface area contributed by atoms with Crippen molar-refractivity contribution in [3.8, 4) is 0 Å². The molecule has 0 aliphatic carbocycles. The van der Waals surface area contributed by atoms with Crippen molar-refractivity contribution in [3.05, 3.63) is 76.6 Å². The molecule has 0 radical (unpaired) electrons. The number of benzene rings is 1. The second kappa shape index (κ2) is 8.44. The van der Waals surface area contributed by atoms with Crippen LogP contribution in [0.2, 0.25) is 0 Å². The van der Waals surface area contributed by atoms with Gasteiger partial charge in [0.2, 0.25) is 5.91 Å². The Hall–Kier alpha value is -2.66. The van der Waals surface area contributed by atoms with Crippen molar-refractivity contribution < 1.29 is 4.79 Å². The van der Waals surface area contributed by atoms with Gasteiger partial charge in [0, 0.05) is 18.0 Å². The smallest absolute Gasteiger partial charge is 0.229 e. The Morgan fingerprint density at radius 3 is 2.60 bits per heavy atom. The Labute approximate surface area is 152 Å². The summed E-state index contributed by atoms with van der Waals surface area (Å²) in [6, 6.07) is 18.1. The maximum absolute atomic E-state index is 12.1. The van der Waals surface area contributed by atoms with Gasteiger partial charge in [0.05, 0.1) is 18.3 Å². The van der Waals surface area contributed by atoms with Crippen LogP contribution in [0.3, 0.4) is 0 Å². The molecule has 2 heterocycles. The summed E-state index contributed by atoms with van der Waals surface area (Å²) in [4.78, 5) is 19.8. The zero-order chi connectivity index (χ0) is 17.5. The van der Waals surface area contributed by atoms with Crippen molar-refractivity contribution in [1.82, 2.24) is 4.98 Å². The van der Waals surface area contributed by atoms with Crippen molar-refractivity contribution in [2.75, 3.05) is 16.8 Å². The normalized spacial score (nSPS) is 10.4. The topological polar surface area (TPSA) is 45.2 Å². The summed E-state index contributed by atoms with van der Waals surface area (Å²) in [5, 5.41) is 4.88. The Morgan fingerprint density at radius 2 is 1.96 bits per heavy atom. The summed E-state index contributed by atoms with van der Waals surface area (Å²) in [7, 11) is 0. The van der Waals surface area contributed by atoms with Gasteiger partial charge >= 0.3 is 0 Å². The number of carbonyl (C=O) groups is 1. The molecule has 3 rings (SSSR count). The predicted octanol–water partition coefficient (Wildman–Crippen LogP) is 4.35. The molecule has 1 amide bonds. The number of hydrogen-bond donors (Lipinski definition) is 1. The first-order chi connectivity index (χ1) is 12.2. The molecule has 0 spiro atoms. The highest BCUT2D eigenvalue weighted by Crippen LogP contribution is 2.17. The number of nitrogens with zero attached hydrogens (tertiary/aromatic N) is 2. The highest BCUT2D eigenvalue weighted by molar-refractivity contribution is 7.10. The maximum atomic E-state index is 12.1. The number of pyridine rings is 1. The van der Waals surface area contributed by atoms with Gasteiger partial charge in [-0.25, -0.2) is 4.98 Å². The average Bonchev–Trinajstić information content (AvgIpc) is 3.14. The Balaban J connectivity index is 1.61. The van der Waals surface area contributed by atoms with E-state index in [0.29, 0.717) is 6.42 Å². The molecule has 3 aromatic rings. The number of amides is 1. The fourth-order valence-electron chi connectivity index (χ4n) is 2.58. The molecule has 128 valence electrons. The minimum atomic E-state index is -0.0198. The molecular formula is C20H21N3OS. The molecule has 0 saturated carbocycles. The van der Waals surface area contributed by atoms with Gasteiger partial charge in [-0.15, -0.1) is 11.3 Å². The zero-order valence-corrected chi connectivity index (χ0v) is 15.0. The first-order valence-corrected chi connectivity index (χ1v) is 9.19. The molecule has 0 aliphatic heterocycles. The lowest BCUT2D eigenvalue weighted by Gasteiger charge is -2.22. The Kier molecular flexibility index (Phi) is 5.80. The zero-order valence-electron chi connectivity index (χ0n) is 14.2. The van der Waals surface area contributed by atoms with Crippen molar-refractivity contribution in [2.45, 2.75) is 19.9 Å². The molecule has 2 aromatic heterocycles. The molecule has 0 atom stereocenters. The minimum absolute atomic E-state index is 0.0198. The third-order valence-corrected chi connectivity index (χ3v) is 4.74. The fraction of sp³-hybridized carbons (Fsp3) is 0.200. The summed E-state index contributed by atoms with van der Waals surface area (Å²) in [5.41, 5.74) is 1.97. The number of hydrogen-bond acceptors (Lipinski definition) is 4. The van der Waals surface area contributed by atoms with Crippen molar-refractivity contribution >= 4 is 28.7 Å². The van der Waals surface area contributed by atoms with E-state index < -0.39 is 0 Å². The summed E-state index contributed by atoms with van der Waals surface area (Å²) in [5.74, 6) is 0.885. The van der Waals surface area contributed by atoms with Gasteiger partial charge in [0.15, 0.2) is 0 Å². The van der Waals surface area contributed by atoms with E-state index in [1.165, 1.54) is 5.56 Å². The van der Waals surface area contributed by atoms with Crippen molar-refractivity contribution in [1.29, 1.82) is 0 Å². The molecule has 5 heteroatoms. The Morgan fingerprint density at radius 1 is 1.12 bits per heavy atom. The molecule has 1 N–H and O–H groups in total. The number of aromatic nitrogens is 1. The lowest BCUT2D eigenvalue weighted by atomic mass is 10.2. The van der Waals surface area contributed by atoms with Crippen LogP contribution in [-0.4, -0.2) is 17.4 Å². The van der Waals surface area contributed by atoms with E-state index >= 15 is 0 Å². The van der Waals surface area contributed by atoms with Crippen molar-refractivity contribution in [2.24, 2.45) is 0 Å². The molecule has 25 heavy (non-hydrogen) atoms. The predicted molar refractivity (Wildman–Crippen MR) is 104 cm³/mol. The van der Waals surface area contributed by atoms with Gasteiger partial charge in [0.1, 0.15) is 5.82 Å². The summed E-state index contributed by atoms with van der Waals surface area (Å²) >= 11 is 1.59. The highest BCUT2D eigenvalue weighted by atomic mass is 32.1. The number of thiophene rings is 1. The molecule has 0 fully saturated rings. The van der Waals surface area contributed by atoms with Gasteiger partial charge in [-0.1, -0.05) is 36.4 Å². The van der Waals surface area contributed by atoms with E-state index in [1.54, 1.807) is 17.5 Å². The quantitative estimate of drug-likeness (QED) is 0.688. The standard InChI is InChI=1S/C20H21N3OS/c1-2-23(15-16-7-4-3-5-8-16)19-11-10-17(14-21-19)22-20(24)13-18-9-6-12-25-18/h3-12,14H,2,13,15H2,1H3,(H,22,24). The van der Waals surface area contributed by atoms with E-state index in [2.05, 4.69) is 34.3 Å². The van der Waals surface area contributed by atoms with Crippen LogP contribution < -0.4 is 10.2 Å². The number of anilines is 2. The first kappa shape index (κ1) is 17.2. The summed E-state index contributed by atoms with van der Waals surface area (Å²) < 4.78 is 0. The molecule has 1 aromatic carbocycles. The van der Waals surface area contributed by atoms with E-state index in [0.717, 1.165) is 29.5 Å². The van der Waals surface area contributed by atoms with Gasteiger partial charge in [0.25, 0.3) is 0 Å². The van der Waals surface area contributed by atoms with Crippen LogP contribution >= 0.6 is 11.3 Å². The van der Waals surface area contributed by atoms with E-state index in [4.69, 9.17) is 0 Å². The molecule has 0 saturated heterocycles. The summed E-state index contributed by atoms with van der Waals surface area (Å²) in [6.07, 6.45) is 2.11. The third kappa shape index (κ3) is 4.90. The van der Waals surface area contributed by atoms with Crippen LogP contribution in [0, 0.1) is 0 Å². The minimum Gasteiger partial charge on any atom is -0.353 e. The van der Waals surface area contributed by atoms with Crippen LogP contribution in [0.4, 0.5) is 11.5 Å². The molecule has 4 nitrogen and oxygen atoms in total. The third-order valence-electron chi connectivity index (χ3n) is 3.87. The Bertz CT molecular complexity index is 786. The SMILES string of the molecule is CCN(Cc1ccccc1)c1ccc(NC(=O)Cc2cccs2)cn1. The maximum Gasteiger partial charge on any atom is 0.229 e. The molecule has 0 aliphatic rings. The van der Waals surface area contributed by atoms with E-state index in [1.807, 2.05) is 47.8 Å². The number of nitrogens with one attached hydrogen (secondary N) is 1. The number of carbonyl (C=O) groups excluding carboxylic acids is 1. The van der Waals surface area contributed by atoms with Crippen LogP contribution in [-0.2, 0) is 17.8 Å². The average molecular weight is 351 g/mol. The van der Waals surface area contributed by atoms with Crippen LogP contribution in [0.1, 0.15) is 17.4 Å². The number of rotatable bonds is 7. The van der Waals surface area contributed by atoms with Crippen LogP contribution in [0.25, 0.3) is 0 Å². The second-order valence-electron chi connectivity index (χ2n) is 5.71. The van der Waals surface area contributed by atoms with Gasteiger partial charge in [-0.2, -0.15) is 0 Å². The van der Waals surface area contributed by atoms with E-state index in [-0.39, 0.29) is 5.91 Å². The molecular weight excluding hydrogens is 330 g/mol. The summed E-state index contributed by atoms with van der Waals surface area (Å²) in [6.45, 7) is 3.79. The van der Waals surface area contributed by atoms with Crippen LogP contribution in [0.5, 0.6) is 0 Å². The largest absolute Gasteiger partial charge is 0.353 e. The monoisotopic (exact) mass is 351 g/mol. The van der Waals surface area contributed by atoms with Crippen molar-refractivity contribution in [3.63, 3.8) is 0 Å². The molecule has 0 bridgehead atoms. The molecule has 0 unspecified atom stereocenters. The van der Waals surface area contributed by atoms with Gasteiger partial charge in [-0.05, 0) is 36.1 Å². The first-order valence-electron chi connectivity index (χ1n) is 8.31. The lowest BCUT2D eigenvalue weighted by Crippen LogP contribution is -2.23. The fourth-order valence-corrected chi connectivity index (χ4v) is 3.29. The van der Waals surface area contributed by atoms with Gasteiger partial charge < -0.3 is 10.2 Å². The van der Waals surface area contributed by atoms with E-state index in [9.17, 15) is 4.79 Å². The second-order valence-corrected chi connectivity index (χ2v) is 6.74. The lowest BCUT2D eigenvalue weighted by molar-refractivity contribution is -0.115. The van der Waals surface area contributed by atoms with Crippen LogP contribution in [0.15, 0.2) is 66.2 Å².